The molecule has 0 aliphatic heterocycles. The lowest BCUT2D eigenvalue weighted by molar-refractivity contribution is -0.345. The SMILES string of the molecule is CN(CF)CC[C@@H](COc1ccccc1CCc1cccc(OC(F)(F)F)c1)OC(F)(F)F. The Balaban J connectivity index is 2.01. The Morgan fingerprint density at radius 3 is 2.30 bits per heavy atom. The van der Waals surface area contributed by atoms with Crippen LogP contribution in [0.5, 0.6) is 11.5 Å². The summed E-state index contributed by atoms with van der Waals surface area (Å²) in [5.74, 6) is -0.00950. The first-order valence-corrected chi connectivity index (χ1v) is 9.99. The number of ether oxygens (including phenoxy) is 3. The van der Waals surface area contributed by atoms with Crippen molar-refractivity contribution in [3.05, 3.63) is 59.7 Å². The van der Waals surface area contributed by atoms with Crippen LogP contribution in [0.4, 0.5) is 30.7 Å². The van der Waals surface area contributed by atoms with Gasteiger partial charge >= 0.3 is 12.7 Å². The highest BCUT2D eigenvalue weighted by molar-refractivity contribution is 5.35. The van der Waals surface area contributed by atoms with Gasteiger partial charge in [-0.25, -0.2) is 4.39 Å². The van der Waals surface area contributed by atoms with Gasteiger partial charge in [0.2, 0.25) is 0 Å². The molecule has 33 heavy (non-hydrogen) atoms. The normalized spacial score (nSPS) is 13.2. The third-order valence-corrected chi connectivity index (χ3v) is 4.55. The molecule has 0 spiro atoms. The van der Waals surface area contributed by atoms with Gasteiger partial charge in [-0.15, -0.1) is 26.3 Å². The van der Waals surface area contributed by atoms with Gasteiger partial charge in [-0.1, -0.05) is 30.3 Å². The van der Waals surface area contributed by atoms with Crippen LogP contribution in [-0.2, 0) is 17.6 Å². The standard InChI is InChI=1S/C22H24F7NO3/c1-30(15-23)12-11-19(33-22(27,28)29)14-31-20-8-3-2-6-17(20)10-9-16-5-4-7-18(13-16)32-21(24,25)26/h2-8,13,19H,9-12,14-15H2,1H3/t19-/m0/s1. The van der Waals surface area contributed by atoms with Crippen LogP contribution in [0.2, 0.25) is 0 Å². The molecule has 0 heterocycles. The average molecular weight is 483 g/mol. The molecular formula is C22H24F7NO3. The molecule has 0 saturated heterocycles. The number of rotatable bonds is 12. The van der Waals surface area contributed by atoms with Crippen molar-refractivity contribution < 1.29 is 44.9 Å². The van der Waals surface area contributed by atoms with E-state index in [1.165, 1.54) is 30.1 Å². The Bertz CT molecular complexity index is 858. The highest BCUT2D eigenvalue weighted by Gasteiger charge is 2.34. The van der Waals surface area contributed by atoms with Gasteiger partial charge in [-0.2, -0.15) is 0 Å². The van der Waals surface area contributed by atoms with Gasteiger partial charge in [-0.3, -0.25) is 9.64 Å². The van der Waals surface area contributed by atoms with E-state index in [-0.39, 0.29) is 18.7 Å². The van der Waals surface area contributed by atoms with E-state index >= 15 is 0 Å². The van der Waals surface area contributed by atoms with Crippen LogP contribution < -0.4 is 9.47 Å². The van der Waals surface area contributed by atoms with Gasteiger partial charge in [-0.05, 0) is 55.6 Å². The van der Waals surface area contributed by atoms with Gasteiger partial charge in [0, 0.05) is 6.54 Å². The Kier molecular flexibility index (Phi) is 9.78. The number of aryl methyl sites for hydroxylation is 2. The molecule has 2 rings (SSSR count). The molecule has 0 aromatic heterocycles. The maximum atomic E-state index is 12.7. The largest absolute Gasteiger partial charge is 0.573 e. The first-order valence-electron chi connectivity index (χ1n) is 9.99. The summed E-state index contributed by atoms with van der Waals surface area (Å²) in [6.07, 6.45) is -10.4. The van der Waals surface area contributed by atoms with Crippen LogP contribution in [0.25, 0.3) is 0 Å². The first kappa shape index (κ1) is 26.7. The third kappa shape index (κ3) is 10.8. The number of para-hydroxylation sites is 1. The second kappa shape index (κ2) is 12.1. The van der Waals surface area contributed by atoms with Crippen LogP contribution in [0.1, 0.15) is 17.5 Å². The van der Waals surface area contributed by atoms with E-state index in [1.54, 1.807) is 30.3 Å². The molecule has 11 heteroatoms. The summed E-state index contributed by atoms with van der Waals surface area (Å²) in [6, 6.07) is 12.2. The molecule has 0 N–H and O–H groups in total. The molecule has 2 aromatic carbocycles. The molecule has 184 valence electrons. The summed E-state index contributed by atoms with van der Waals surface area (Å²) in [5, 5.41) is 0. The highest BCUT2D eigenvalue weighted by atomic mass is 19.4. The number of benzene rings is 2. The molecule has 0 aliphatic carbocycles. The van der Waals surface area contributed by atoms with E-state index < -0.39 is 32.2 Å². The lowest BCUT2D eigenvalue weighted by Gasteiger charge is -2.22. The number of hydrogen-bond donors (Lipinski definition) is 0. The Labute approximate surface area is 186 Å². The second-order valence-electron chi connectivity index (χ2n) is 7.29. The number of alkyl halides is 7. The van der Waals surface area contributed by atoms with Crippen LogP contribution in [0, 0.1) is 0 Å². The third-order valence-electron chi connectivity index (χ3n) is 4.55. The molecular weight excluding hydrogens is 459 g/mol. The van der Waals surface area contributed by atoms with Crippen molar-refractivity contribution in [3.8, 4) is 11.5 Å². The second-order valence-corrected chi connectivity index (χ2v) is 7.29. The Morgan fingerprint density at radius 2 is 1.64 bits per heavy atom. The summed E-state index contributed by atoms with van der Waals surface area (Å²) in [6.45, 7) is -1.18. The summed E-state index contributed by atoms with van der Waals surface area (Å²) in [5.41, 5.74) is 1.24. The van der Waals surface area contributed by atoms with Crippen LogP contribution >= 0.6 is 0 Å². The Hall–Kier alpha value is -2.53. The summed E-state index contributed by atoms with van der Waals surface area (Å²) in [7, 11) is 1.43. The fourth-order valence-electron chi connectivity index (χ4n) is 3.00. The molecule has 0 bridgehead atoms. The van der Waals surface area contributed by atoms with Crippen molar-refractivity contribution >= 4 is 0 Å². The maximum absolute atomic E-state index is 12.7. The van der Waals surface area contributed by atoms with Crippen LogP contribution in [0.3, 0.4) is 0 Å². The van der Waals surface area contributed by atoms with Gasteiger partial charge in [0.1, 0.15) is 31.0 Å². The van der Waals surface area contributed by atoms with E-state index in [2.05, 4.69) is 9.47 Å². The van der Waals surface area contributed by atoms with E-state index in [0.29, 0.717) is 29.7 Å². The van der Waals surface area contributed by atoms with Crippen molar-refractivity contribution in [2.45, 2.75) is 38.1 Å². The van der Waals surface area contributed by atoms with Crippen LogP contribution in [-0.4, -0.2) is 50.7 Å². The maximum Gasteiger partial charge on any atom is 0.573 e. The van der Waals surface area contributed by atoms with Crippen LogP contribution in [0.15, 0.2) is 48.5 Å². The molecule has 0 aliphatic rings. The summed E-state index contributed by atoms with van der Waals surface area (Å²) < 4.78 is 102. The molecule has 0 amide bonds. The number of nitrogens with zero attached hydrogens (tertiary/aromatic N) is 1. The quantitative estimate of drug-likeness (QED) is 0.278. The van der Waals surface area contributed by atoms with E-state index in [0.717, 1.165) is 0 Å². The van der Waals surface area contributed by atoms with Crippen molar-refractivity contribution in [2.24, 2.45) is 0 Å². The average Bonchev–Trinajstić information content (AvgIpc) is 2.72. The monoisotopic (exact) mass is 483 g/mol. The fourth-order valence-corrected chi connectivity index (χ4v) is 3.00. The minimum absolute atomic E-state index is 0.0403. The van der Waals surface area contributed by atoms with E-state index in [4.69, 9.17) is 4.74 Å². The molecule has 4 nitrogen and oxygen atoms in total. The van der Waals surface area contributed by atoms with Crippen molar-refractivity contribution in [3.63, 3.8) is 0 Å². The molecule has 0 fully saturated rings. The molecule has 0 saturated carbocycles. The zero-order valence-corrected chi connectivity index (χ0v) is 17.8. The number of hydrogen-bond acceptors (Lipinski definition) is 4. The molecule has 2 aromatic rings. The summed E-state index contributed by atoms with van der Waals surface area (Å²) >= 11 is 0. The van der Waals surface area contributed by atoms with Gasteiger partial charge in [0.05, 0.1) is 0 Å². The van der Waals surface area contributed by atoms with E-state index in [1.807, 2.05) is 0 Å². The van der Waals surface area contributed by atoms with Gasteiger partial charge in [0.25, 0.3) is 0 Å². The van der Waals surface area contributed by atoms with Gasteiger partial charge < -0.3 is 9.47 Å². The number of halogens is 7. The smallest absolute Gasteiger partial charge is 0.491 e. The summed E-state index contributed by atoms with van der Waals surface area (Å²) in [4.78, 5) is 1.21. The lowest BCUT2D eigenvalue weighted by atomic mass is 10.0. The van der Waals surface area contributed by atoms with Gasteiger partial charge in [0.15, 0.2) is 0 Å². The van der Waals surface area contributed by atoms with Crippen molar-refractivity contribution in [1.82, 2.24) is 4.90 Å². The van der Waals surface area contributed by atoms with E-state index in [9.17, 15) is 30.7 Å². The molecule has 0 radical (unpaired) electrons. The zero-order chi connectivity index (χ0) is 24.5. The first-order chi connectivity index (χ1) is 15.4. The molecule has 0 unspecified atom stereocenters. The Morgan fingerprint density at radius 1 is 0.909 bits per heavy atom. The predicted molar refractivity (Wildman–Crippen MR) is 107 cm³/mol. The fraction of sp³-hybridized carbons (Fsp3) is 0.455. The van der Waals surface area contributed by atoms with Crippen molar-refractivity contribution in [2.75, 3.05) is 27.0 Å². The molecule has 1 atom stereocenters. The van der Waals surface area contributed by atoms with Crippen molar-refractivity contribution in [1.29, 1.82) is 0 Å². The lowest BCUT2D eigenvalue weighted by Crippen LogP contribution is -2.33. The topological polar surface area (TPSA) is 30.9 Å². The highest BCUT2D eigenvalue weighted by Crippen LogP contribution is 2.26. The zero-order valence-electron chi connectivity index (χ0n) is 17.8. The minimum atomic E-state index is -4.87. The minimum Gasteiger partial charge on any atom is -0.491 e. The predicted octanol–water partition coefficient (Wildman–Crippen LogP) is 5.90.